The van der Waals surface area contributed by atoms with Crippen molar-refractivity contribution in [2.75, 3.05) is 19.8 Å². The van der Waals surface area contributed by atoms with Crippen LogP contribution in [0, 0.1) is 11.8 Å². The first-order chi connectivity index (χ1) is 23.9. The molecule has 1 saturated heterocycles. The number of carbonyl (C=O) groups is 4. The average Bonchev–Trinajstić information content (AvgIpc) is 4.05. The molecule has 11 nitrogen and oxygen atoms in total. The molecule has 0 spiro atoms. The van der Waals surface area contributed by atoms with Crippen molar-refractivity contribution in [1.82, 2.24) is 10.6 Å². The highest BCUT2D eigenvalue weighted by Crippen LogP contribution is 2.59. The van der Waals surface area contributed by atoms with Gasteiger partial charge >= 0.3 is 18.1 Å². The van der Waals surface area contributed by atoms with Gasteiger partial charge < -0.3 is 34.7 Å². The molecule has 1 heterocycles. The third-order valence-corrected chi connectivity index (χ3v) is 8.94. The predicted octanol–water partition coefficient (Wildman–Crippen LogP) is 4.00. The highest BCUT2D eigenvalue weighted by Gasteiger charge is 2.64. The van der Waals surface area contributed by atoms with E-state index in [0.29, 0.717) is 22.3 Å². The van der Waals surface area contributed by atoms with Crippen molar-refractivity contribution < 1.29 is 56.4 Å². The Balaban J connectivity index is 1.13. The molecule has 2 aromatic carbocycles. The van der Waals surface area contributed by atoms with Crippen LogP contribution in [0.3, 0.4) is 0 Å². The molecule has 4 aliphatic rings. The topological polar surface area (TPSA) is 149 Å². The number of esters is 2. The van der Waals surface area contributed by atoms with Crippen molar-refractivity contribution in [2.24, 2.45) is 11.8 Å². The fourth-order valence-electron chi connectivity index (χ4n) is 6.26. The van der Waals surface area contributed by atoms with Crippen LogP contribution in [0.4, 0.5) is 13.2 Å². The zero-order valence-corrected chi connectivity index (χ0v) is 26.9. The monoisotopic (exact) mass is 698 g/mol. The first-order valence-electron chi connectivity index (χ1n) is 16.5. The standard InChI is InChI=1S/C36H37F3N2O9/c37-35(38,39)20-47-30(43)13-6-21-4-7-23(8-5-21)34(46)48-28-17-25(18-29-31(28)50-36(49-29,26-9-10-26)27-11-12-27)33(45)41-19-22-2-1-3-24(16-22)32(44)40-14-15-42/h1-8,13,16,18,26-29,31,42H,9-12,14-15,17,19-20H2,(H,40,44)(H,41,45). The van der Waals surface area contributed by atoms with Crippen LogP contribution in [0.2, 0.25) is 0 Å². The molecule has 2 saturated carbocycles. The molecule has 14 heteroatoms. The molecule has 3 fully saturated rings. The van der Waals surface area contributed by atoms with E-state index in [1.165, 1.54) is 30.3 Å². The summed E-state index contributed by atoms with van der Waals surface area (Å²) in [5, 5.41) is 14.5. The smallest absolute Gasteiger partial charge is 0.422 e. The summed E-state index contributed by atoms with van der Waals surface area (Å²) in [4.78, 5) is 50.8. The summed E-state index contributed by atoms with van der Waals surface area (Å²) in [7, 11) is 0. The van der Waals surface area contributed by atoms with E-state index >= 15 is 0 Å². The van der Waals surface area contributed by atoms with Crippen molar-refractivity contribution in [1.29, 1.82) is 0 Å². The molecule has 2 amide bonds. The normalized spacial score (nSPS) is 22.7. The molecule has 6 rings (SSSR count). The van der Waals surface area contributed by atoms with Crippen molar-refractivity contribution >= 4 is 29.8 Å². The predicted molar refractivity (Wildman–Crippen MR) is 170 cm³/mol. The maximum absolute atomic E-state index is 13.5. The van der Waals surface area contributed by atoms with Gasteiger partial charge in [-0.3, -0.25) is 9.59 Å². The van der Waals surface area contributed by atoms with E-state index in [4.69, 9.17) is 19.3 Å². The fraction of sp³-hybridized carbons (Fsp3) is 0.444. The van der Waals surface area contributed by atoms with Crippen molar-refractivity contribution in [3.8, 4) is 0 Å². The van der Waals surface area contributed by atoms with E-state index in [2.05, 4.69) is 15.4 Å². The number of amides is 2. The Labute approximate surface area is 285 Å². The summed E-state index contributed by atoms with van der Waals surface area (Å²) in [6.45, 7) is -1.63. The number of aliphatic hydroxyl groups excluding tert-OH is 1. The van der Waals surface area contributed by atoms with Gasteiger partial charge in [-0.25, -0.2) is 9.59 Å². The SMILES string of the molecule is O=C(C=Cc1ccc(C(=O)OC2CC(C(=O)NCc3cccc(C(=O)NCCO)c3)=CC3OC(C4CC4)(C4CC4)OC32)cc1)OCC(F)(F)F. The Morgan fingerprint density at radius 2 is 1.66 bits per heavy atom. The molecule has 0 bridgehead atoms. The lowest BCUT2D eigenvalue weighted by molar-refractivity contribution is -0.209. The van der Waals surface area contributed by atoms with Gasteiger partial charge in [0.1, 0.15) is 18.3 Å². The lowest BCUT2D eigenvalue weighted by atomic mass is 9.91. The molecule has 0 radical (unpaired) electrons. The molecular formula is C36H37F3N2O9. The molecule has 3 aliphatic carbocycles. The van der Waals surface area contributed by atoms with Gasteiger partial charge in [0.15, 0.2) is 12.4 Å². The Morgan fingerprint density at radius 3 is 2.32 bits per heavy atom. The minimum atomic E-state index is -4.63. The van der Waals surface area contributed by atoms with E-state index in [-0.39, 0.29) is 55.3 Å². The van der Waals surface area contributed by atoms with Crippen LogP contribution in [-0.4, -0.2) is 78.9 Å². The number of nitrogens with one attached hydrogen (secondary N) is 2. The van der Waals surface area contributed by atoms with Gasteiger partial charge in [-0.1, -0.05) is 24.3 Å². The lowest BCUT2D eigenvalue weighted by Crippen LogP contribution is -2.44. The first kappa shape index (κ1) is 35.3. The third-order valence-electron chi connectivity index (χ3n) is 8.94. The summed E-state index contributed by atoms with van der Waals surface area (Å²) in [6.07, 6.45) is 1.07. The number of hydrogen-bond acceptors (Lipinski definition) is 9. The highest BCUT2D eigenvalue weighted by molar-refractivity contribution is 5.95. The summed E-state index contributed by atoms with van der Waals surface area (Å²) in [5.41, 5.74) is 2.05. The van der Waals surface area contributed by atoms with Crippen LogP contribution >= 0.6 is 0 Å². The van der Waals surface area contributed by atoms with Gasteiger partial charge in [0.2, 0.25) is 5.91 Å². The second-order valence-electron chi connectivity index (χ2n) is 12.8. The van der Waals surface area contributed by atoms with Gasteiger partial charge in [0, 0.05) is 48.6 Å². The van der Waals surface area contributed by atoms with Gasteiger partial charge in [0.05, 0.1) is 12.2 Å². The van der Waals surface area contributed by atoms with E-state index in [9.17, 15) is 32.3 Å². The highest BCUT2D eigenvalue weighted by atomic mass is 19.4. The molecule has 50 heavy (non-hydrogen) atoms. The zero-order valence-electron chi connectivity index (χ0n) is 26.9. The third kappa shape index (κ3) is 8.60. The summed E-state index contributed by atoms with van der Waals surface area (Å²) in [6, 6.07) is 12.7. The maximum atomic E-state index is 13.5. The summed E-state index contributed by atoms with van der Waals surface area (Å²) < 4.78 is 60.2. The number of hydrogen-bond donors (Lipinski definition) is 3. The van der Waals surface area contributed by atoms with Crippen LogP contribution in [-0.2, 0) is 35.1 Å². The summed E-state index contributed by atoms with van der Waals surface area (Å²) >= 11 is 0. The van der Waals surface area contributed by atoms with Crippen LogP contribution in [0.5, 0.6) is 0 Å². The number of ether oxygens (including phenoxy) is 4. The van der Waals surface area contributed by atoms with Gasteiger partial charge in [-0.15, -0.1) is 0 Å². The van der Waals surface area contributed by atoms with E-state index in [1.807, 2.05) is 0 Å². The number of halogens is 3. The molecular weight excluding hydrogens is 661 g/mol. The van der Waals surface area contributed by atoms with Crippen LogP contribution in [0.15, 0.2) is 66.3 Å². The van der Waals surface area contributed by atoms with Gasteiger partial charge in [0.25, 0.3) is 5.91 Å². The quantitative estimate of drug-likeness (QED) is 0.209. The molecule has 3 atom stereocenters. The second kappa shape index (κ2) is 14.8. The molecule has 3 N–H and O–H groups in total. The Bertz CT molecular complexity index is 1650. The minimum absolute atomic E-state index is 0.0674. The number of aliphatic hydroxyl groups is 1. The number of rotatable bonds is 13. The molecule has 3 unspecified atom stereocenters. The second-order valence-corrected chi connectivity index (χ2v) is 12.8. The molecule has 1 aliphatic heterocycles. The maximum Gasteiger partial charge on any atom is 0.422 e. The zero-order chi connectivity index (χ0) is 35.5. The minimum Gasteiger partial charge on any atom is -0.456 e. The lowest BCUT2D eigenvalue weighted by Gasteiger charge is -2.31. The van der Waals surface area contributed by atoms with Gasteiger partial charge in [-0.05, 0) is 73.2 Å². The van der Waals surface area contributed by atoms with Crippen molar-refractivity contribution in [2.45, 2.75) is 68.9 Å². The number of fused-ring (bicyclic) bond motifs is 1. The molecule has 0 aromatic heterocycles. The number of alkyl halides is 3. The van der Waals surface area contributed by atoms with Crippen molar-refractivity contribution in [3.63, 3.8) is 0 Å². The van der Waals surface area contributed by atoms with Gasteiger partial charge in [-0.2, -0.15) is 13.2 Å². The van der Waals surface area contributed by atoms with Crippen LogP contribution in [0.25, 0.3) is 6.08 Å². The first-order valence-corrected chi connectivity index (χ1v) is 16.5. The number of benzene rings is 2. The largest absolute Gasteiger partial charge is 0.456 e. The average molecular weight is 699 g/mol. The Kier molecular flexibility index (Phi) is 10.4. The van der Waals surface area contributed by atoms with E-state index in [0.717, 1.165) is 31.8 Å². The molecule has 2 aromatic rings. The molecule has 266 valence electrons. The Morgan fingerprint density at radius 1 is 0.940 bits per heavy atom. The van der Waals surface area contributed by atoms with E-state index in [1.54, 1.807) is 30.3 Å². The van der Waals surface area contributed by atoms with Crippen LogP contribution < -0.4 is 10.6 Å². The fourth-order valence-corrected chi connectivity index (χ4v) is 6.26. The summed E-state index contributed by atoms with van der Waals surface area (Å²) in [5.74, 6) is -2.88. The van der Waals surface area contributed by atoms with Crippen molar-refractivity contribution in [3.05, 3.63) is 88.5 Å². The Hall–Kier alpha value is -4.53. The van der Waals surface area contributed by atoms with Crippen LogP contribution in [0.1, 0.15) is 63.9 Å². The van der Waals surface area contributed by atoms with E-state index < -0.39 is 48.8 Å². The number of carbonyl (C=O) groups excluding carboxylic acids is 4.